The van der Waals surface area contributed by atoms with Crippen LogP contribution in [0.1, 0.15) is 438 Å². The van der Waals surface area contributed by atoms with E-state index in [-0.39, 0.29) is 18.9 Å². The third kappa shape index (κ3) is 49.6. The molecule has 0 aromatic heterocycles. The van der Waals surface area contributed by atoms with E-state index < -0.39 is 124 Å². The van der Waals surface area contributed by atoms with Crippen LogP contribution in [0.4, 0.5) is 0 Å². The monoisotopic (exact) mass is 1560 g/mol. The van der Waals surface area contributed by atoms with E-state index in [1.54, 1.807) is 0 Å². The summed E-state index contributed by atoms with van der Waals surface area (Å²) in [6.45, 7) is 1.90. The molecule has 3 fully saturated rings. The summed E-state index contributed by atoms with van der Waals surface area (Å²) < 4.78 is 34.6. The lowest BCUT2D eigenvalue weighted by atomic mass is 9.96. The molecule has 648 valence electrons. The molecule has 3 aliphatic rings. The highest BCUT2D eigenvalue weighted by molar-refractivity contribution is 5.76. The Morgan fingerprint density at radius 1 is 0.294 bits per heavy atom. The van der Waals surface area contributed by atoms with Gasteiger partial charge in [-0.15, -0.1) is 0 Å². The predicted octanol–water partition coefficient (Wildman–Crippen LogP) is 18.1. The van der Waals surface area contributed by atoms with Crippen molar-refractivity contribution in [3.05, 3.63) is 0 Å². The van der Waals surface area contributed by atoms with Gasteiger partial charge in [0.15, 0.2) is 18.9 Å². The van der Waals surface area contributed by atoms with Gasteiger partial charge in [0.25, 0.3) is 0 Å². The summed E-state index contributed by atoms with van der Waals surface area (Å²) in [7, 11) is 0. The highest BCUT2D eigenvalue weighted by Crippen LogP contribution is 2.34. The predicted molar refractivity (Wildman–Crippen MR) is 439 cm³/mol. The van der Waals surface area contributed by atoms with Crippen LogP contribution in [0.25, 0.3) is 0 Å². The summed E-state index contributed by atoms with van der Waals surface area (Å²) in [5, 5.41) is 121. The van der Waals surface area contributed by atoms with Gasteiger partial charge in [-0.3, -0.25) is 4.79 Å². The number of unbranched alkanes of at least 4 members (excludes halogenated alkanes) is 62. The second kappa shape index (κ2) is 70.9. The van der Waals surface area contributed by atoms with Crippen LogP contribution in [0.5, 0.6) is 0 Å². The van der Waals surface area contributed by atoms with Gasteiger partial charge >= 0.3 is 0 Å². The first-order valence-electron chi connectivity index (χ1n) is 46.8. The molecular formula is C90H175NO18. The van der Waals surface area contributed by atoms with E-state index in [9.17, 15) is 61.0 Å². The first kappa shape index (κ1) is 102. The van der Waals surface area contributed by atoms with E-state index in [2.05, 4.69) is 19.2 Å². The van der Waals surface area contributed by atoms with Gasteiger partial charge in [0, 0.05) is 6.42 Å². The second-order valence-corrected chi connectivity index (χ2v) is 33.8. The van der Waals surface area contributed by atoms with Gasteiger partial charge in [0.2, 0.25) is 5.91 Å². The van der Waals surface area contributed by atoms with Crippen LogP contribution in [0, 0.1) is 0 Å². The summed E-state index contributed by atoms with van der Waals surface area (Å²) >= 11 is 0. The SMILES string of the molecule is CCCCCCCCCCCCCCCCCCCCCCCCCCCCCCCCCCCC(O)C(COC1OC(CO)C(OC2OC(CO)C(OC3OC(CO)C(O)C(O)C3O)C(O)C2O)C(O)C1O)NC(=O)CCCCCCCCCCCCCCCCCCCCCCCCCCCCCCCCC. The minimum absolute atomic E-state index is 0.230. The quantitative estimate of drug-likeness (QED) is 0.0252. The Bertz CT molecular complexity index is 1960. The summed E-state index contributed by atoms with van der Waals surface area (Å²) in [5.74, 6) is -0.230. The standard InChI is InChI=1S/C90H175NO18/c1-3-5-7-9-11-13-15-17-19-21-23-25-27-29-31-33-35-36-38-39-41-43-45-47-49-51-53-55-57-59-61-63-65-67-74(95)73(91-78(96)68-66-64-62-60-58-56-54-52-50-48-46-44-42-40-37-34-32-30-28-26-24-22-20-18-16-14-12-10-8-6-4-2)72-104-88-84(102)81(99)86(76(70-93)106-88)109-90-85(103)82(100)87(77(71-94)107-90)108-89-83(101)80(98)79(97)75(69-92)105-89/h73-77,79-90,92-95,97-103H,3-72H2,1-2H3,(H,91,96). The summed E-state index contributed by atoms with van der Waals surface area (Å²) in [5.41, 5.74) is 0. The average Bonchev–Trinajstić information content (AvgIpc) is 0.825. The Morgan fingerprint density at radius 3 is 0.798 bits per heavy atom. The molecular weight excluding hydrogens is 1380 g/mol. The number of aliphatic hydroxyl groups excluding tert-OH is 11. The van der Waals surface area contributed by atoms with E-state index in [0.29, 0.717) is 12.8 Å². The van der Waals surface area contributed by atoms with Crippen molar-refractivity contribution < 1.29 is 89.4 Å². The molecule has 0 spiro atoms. The number of hydrogen-bond acceptors (Lipinski definition) is 18. The highest BCUT2D eigenvalue weighted by atomic mass is 16.8. The lowest BCUT2D eigenvalue weighted by molar-refractivity contribution is -0.379. The lowest BCUT2D eigenvalue weighted by Crippen LogP contribution is -2.66. The van der Waals surface area contributed by atoms with Gasteiger partial charge in [-0.1, -0.05) is 418 Å². The number of carbonyl (C=O) groups is 1. The molecule has 3 heterocycles. The van der Waals surface area contributed by atoms with Gasteiger partial charge in [-0.05, 0) is 12.8 Å². The maximum absolute atomic E-state index is 13.6. The number of hydrogen-bond donors (Lipinski definition) is 12. The molecule has 109 heavy (non-hydrogen) atoms. The first-order chi connectivity index (χ1) is 53.3. The van der Waals surface area contributed by atoms with Gasteiger partial charge in [-0.25, -0.2) is 0 Å². The zero-order chi connectivity index (χ0) is 78.8. The number of carbonyl (C=O) groups excluding carboxylic acids is 1. The maximum atomic E-state index is 13.6. The van der Waals surface area contributed by atoms with Gasteiger partial charge in [0.05, 0.1) is 38.6 Å². The van der Waals surface area contributed by atoms with Crippen LogP contribution in [0.2, 0.25) is 0 Å². The fraction of sp³-hybridized carbons (Fsp3) is 0.989. The molecule has 17 atom stereocenters. The molecule has 19 heteroatoms. The summed E-state index contributed by atoms with van der Waals surface area (Å²) in [6.07, 6.45) is 59.4. The zero-order valence-corrected chi connectivity index (χ0v) is 70.1. The molecule has 0 aliphatic carbocycles. The first-order valence-corrected chi connectivity index (χ1v) is 46.8. The largest absolute Gasteiger partial charge is 0.394 e. The third-order valence-electron chi connectivity index (χ3n) is 23.9. The van der Waals surface area contributed by atoms with E-state index in [1.807, 2.05) is 0 Å². The molecule has 1 amide bonds. The molecule has 12 N–H and O–H groups in total. The molecule has 19 nitrogen and oxygen atoms in total. The van der Waals surface area contributed by atoms with Crippen molar-refractivity contribution in [2.45, 2.75) is 542 Å². The molecule has 0 aromatic rings. The second-order valence-electron chi connectivity index (χ2n) is 33.8. The fourth-order valence-electron chi connectivity index (χ4n) is 16.5. The summed E-state index contributed by atoms with van der Waals surface area (Å²) in [6, 6.07) is -0.885. The van der Waals surface area contributed by atoms with Crippen LogP contribution in [-0.4, -0.2) is 193 Å². The van der Waals surface area contributed by atoms with E-state index >= 15 is 0 Å². The van der Waals surface area contributed by atoms with Crippen molar-refractivity contribution >= 4 is 5.91 Å². The van der Waals surface area contributed by atoms with E-state index in [1.165, 1.54) is 360 Å². The van der Waals surface area contributed by atoms with Crippen molar-refractivity contribution in [1.29, 1.82) is 0 Å². The van der Waals surface area contributed by atoms with Crippen LogP contribution in [0.15, 0.2) is 0 Å². The van der Waals surface area contributed by atoms with Crippen LogP contribution in [-0.2, 0) is 33.2 Å². The zero-order valence-electron chi connectivity index (χ0n) is 70.1. The van der Waals surface area contributed by atoms with Crippen molar-refractivity contribution in [1.82, 2.24) is 5.32 Å². The topological polar surface area (TPSA) is 307 Å². The Kier molecular flexibility index (Phi) is 66.4. The number of amides is 1. The Labute approximate surface area is 665 Å². The van der Waals surface area contributed by atoms with Crippen molar-refractivity contribution in [2.24, 2.45) is 0 Å². The van der Waals surface area contributed by atoms with Crippen LogP contribution in [0.3, 0.4) is 0 Å². The number of nitrogens with one attached hydrogen (secondary N) is 1. The Balaban J connectivity index is 1.30. The average molecular weight is 1560 g/mol. The number of aliphatic hydroxyl groups is 11. The normalized spacial score (nSPS) is 25.2. The summed E-state index contributed by atoms with van der Waals surface area (Å²) in [4.78, 5) is 13.6. The molecule has 17 unspecified atom stereocenters. The molecule has 3 rings (SSSR count). The third-order valence-corrected chi connectivity index (χ3v) is 23.9. The molecule has 3 saturated heterocycles. The molecule has 0 bridgehead atoms. The molecule has 0 saturated carbocycles. The van der Waals surface area contributed by atoms with Crippen LogP contribution < -0.4 is 5.32 Å². The maximum Gasteiger partial charge on any atom is 0.220 e. The van der Waals surface area contributed by atoms with E-state index in [4.69, 9.17) is 28.4 Å². The Morgan fingerprint density at radius 2 is 0.523 bits per heavy atom. The van der Waals surface area contributed by atoms with Gasteiger partial charge in [0.1, 0.15) is 73.2 Å². The fourth-order valence-corrected chi connectivity index (χ4v) is 16.5. The van der Waals surface area contributed by atoms with Crippen molar-refractivity contribution in [3.63, 3.8) is 0 Å². The van der Waals surface area contributed by atoms with Gasteiger partial charge < -0.3 is 89.9 Å². The lowest BCUT2D eigenvalue weighted by Gasteiger charge is -2.48. The molecule has 3 aliphatic heterocycles. The smallest absolute Gasteiger partial charge is 0.220 e. The molecule has 0 radical (unpaired) electrons. The van der Waals surface area contributed by atoms with Crippen LogP contribution >= 0.6 is 0 Å². The van der Waals surface area contributed by atoms with Gasteiger partial charge in [-0.2, -0.15) is 0 Å². The Hall–Kier alpha value is -1.21. The minimum atomic E-state index is -1.97. The van der Waals surface area contributed by atoms with Crippen molar-refractivity contribution in [3.8, 4) is 0 Å². The van der Waals surface area contributed by atoms with Crippen molar-refractivity contribution in [2.75, 3.05) is 26.4 Å². The number of rotatable bonds is 78. The van der Waals surface area contributed by atoms with E-state index in [0.717, 1.165) is 44.9 Å². The molecule has 0 aromatic carbocycles. The minimum Gasteiger partial charge on any atom is -0.394 e. The number of ether oxygens (including phenoxy) is 6. The highest BCUT2D eigenvalue weighted by Gasteiger charge is 2.54.